The van der Waals surface area contributed by atoms with E-state index < -0.39 is 0 Å². The quantitative estimate of drug-likeness (QED) is 0.457. The molecule has 1 atom stereocenters. The van der Waals surface area contributed by atoms with Crippen molar-refractivity contribution in [3.63, 3.8) is 0 Å². The zero-order chi connectivity index (χ0) is 18.3. The van der Waals surface area contributed by atoms with Gasteiger partial charge in [0.1, 0.15) is 0 Å². The number of benzene rings is 1. The summed E-state index contributed by atoms with van der Waals surface area (Å²) in [5.41, 5.74) is 3.33. The third-order valence-electron chi connectivity index (χ3n) is 5.94. The van der Waals surface area contributed by atoms with Crippen molar-refractivity contribution in [3.8, 4) is 0 Å². The fourth-order valence-corrected chi connectivity index (χ4v) is 4.39. The lowest BCUT2D eigenvalue weighted by Crippen LogP contribution is -3.00. The van der Waals surface area contributed by atoms with Crippen LogP contribution in [0.3, 0.4) is 0 Å². The monoisotopic (exact) mass is 472 g/mol. The topological polar surface area (TPSA) is 29.1 Å². The summed E-state index contributed by atoms with van der Waals surface area (Å²) >= 11 is 0. The molecule has 4 heteroatoms. The van der Waals surface area contributed by atoms with Crippen molar-refractivity contribution in [1.82, 2.24) is 0 Å². The number of unbranched alkanes of at least 4 members (excludes halogenated alkanes) is 2. The lowest BCUT2D eigenvalue weighted by atomic mass is 9.95. The molecule has 1 aromatic carbocycles. The van der Waals surface area contributed by atoms with Gasteiger partial charge in [0.25, 0.3) is 5.91 Å². The Kier molecular flexibility index (Phi) is 10.2. The predicted octanol–water partition coefficient (Wildman–Crippen LogP) is 2.22. The molecule has 1 unspecified atom stereocenters. The van der Waals surface area contributed by atoms with E-state index in [2.05, 4.69) is 51.2 Å². The van der Waals surface area contributed by atoms with Crippen LogP contribution in [-0.2, 0) is 4.79 Å². The highest BCUT2D eigenvalue weighted by molar-refractivity contribution is 5.95. The number of nitrogens with one attached hydrogen (secondary N) is 1. The number of hydrogen-bond donors (Lipinski definition) is 1. The van der Waals surface area contributed by atoms with Crippen LogP contribution in [0.1, 0.15) is 69.9 Å². The second-order valence-corrected chi connectivity index (χ2v) is 7.86. The summed E-state index contributed by atoms with van der Waals surface area (Å²) < 4.78 is 1.01. The number of para-hydroxylation sites is 1. The van der Waals surface area contributed by atoms with E-state index in [4.69, 9.17) is 0 Å². The minimum absolute atomic E-state index is 0. The third kappa shape index (κ3) is 5.69. The summed E-state index contributed by atoms with van der Waals surface area (Å²) in [5.74, 6) is 0.240. The number of rotatable bonds is 8. The molecular formula is C22H37IN2O. The average Bonchev–Trinajstić information content (AvgIpc) is 2.61. The van der Waals surface area contributed by atoms with Gasteiger partial charge in [0.2, 0.25) is 0 Å². The largest absolute Gasteiger partial charge is 1.00 e. The second-order valence-electron chi connectivity index (χ2n) is 7.86. The van der Waals surface area contributed by atoms with Crippen LogP contribution in [0.4, 0.5) is 5.69 Å². The highest BCUT2D eigenvalue weighted by Crippen LogP contribution is 2.30. The first-order valence-electron chi connectivity index (χ1n) is 10.3. The van der Waals surface area contributed by atoms with Crippen LogP contribution in [0.25, 0.3) is 0 Å². The Balaban J connectivity index is 0.00000338. The summed E-state index contributed by atoms with van der Waals surface area (Å²) in [6.45, 7) is 12.2. The first kappa shape index (κ1) is 23.4. The lowest BCUT2D eigenvalue weighted by Gasteiger charge is -2.47. The average molecular weight is 472 g/mol. The second kappa shape index (κ2) is 11.3. The number of hydrogen-bond acceptors (Lipinski definition) is 1. The summed E-state index contributed by atoms with van der Waals surface area (Å²) in [6.07, 6.45) is 8.33. The molecule has 2 rings (SSSR count). The molecule has 26 heavy (non-hydrogen) atoms. The highest BCUT2D eigenvalue weighted by Gasteiger charge is 2.43. The number of anilines is 1. The van der Waals surface area contributed by atoms with Crippen LogP contribution in [0.5, 0.6) is 0 Å². The smallest absolute Gasteiger partial charge is 0.282 e. The van der Waals surface area contributed by atoms with E-state index >= 15 is 0 Å². The number of quaternary nitrogens is 1. The first-order valence-corrected chi connectivity index (χ1v) is 10.3. The number of halogens is 1. The molecule has 1 fully saturated rings. The zero-order valence-electron chi connectivity index (χ0n) is 17.1. The molecule has 0 bridgehead atoms. The van der Waals surface area contributed by atoms with E-state index in [0.717, 1.165) is 40.8 Å². The van der Waals surface area contributed by atoms with Crippen molar-refractivity contribution in [2.45, 2.75) is 78.7 Å². The number of nitrogens with zero attached hydrogens (tertiary/aromatic N) is 1. The minimum atomic E-state index is 0. The van der Waals surface area contributed by atoms with Crippen molar-refractivity contribution in [3.05, 3.63) is 29.3 Å². The fourth-order valence-electron chi connectivity index (χ4n) is 4.39. The molecule has 0 radical (unpaired) electrons. The van der Waals surface area contributed by atoms with Crippen molar-refractivity contribution >= 4 is 11.6 Å². The molecule has 0 aromatic heterocycles. The summed E-state index contributed by atoms with van der Waals surface area (Å²) in [4.78, 5) is 13.3. The molecule has 0 saturated carbocycles. The van der Waals surface area contributed by atoms with E-state index in [9.17, 15) is 4.79 Å². The Labute approximate surface area is 177 Å². The van der Waals surface area contributed by atoms with Crippen LogP contribution in [0, 0.1) is 13.8 Å². The van der Waals surface area contributed by atoms with Crippen molar-refractivity contribution in [1.29, 1.82) is 0 Å². The van der Waals surface area contributed by atoms with Gasteiger partial charge in [-0.15, -0.1) is 0 Å². The molecule has 0 aliphatic carbocycles. The van der Waals surface area contributed by atoms with E-state index in [1.54, 1.807) is 0 Å². The highest BCUT2D eigenvalue weighted by atomic mass is 127. The summed E-state index contributed by atoms with van der Waals surface area (Å²) in [6, 6.07) is 6.34. The van der Waals surface area contributed by atoms with Crippen molar-refractivity contribution in [2.75, 3.05) is 25.0 Å². The molecule has 1 heterocycles. The Morgan fingerprint density at radius 1 is 1.08 bits per heavy atom. The molecular weight excluding hydrogens is 435 g/mol. The zero-order valence-corrected chi connectivity index (χ0v) is 19.3. The van der Waals surface area contributed by atoms with Gasteiger partial charge >= 0.3 is 0 Å². The third-order valence-corrected chi connectivity index (χ3v) is 5.94. The molecule has 1 aromatic rings. The normalized spacial score (nSPS) is 18.8. The number of carbonyl (C=O) groups excluding carboxylic acids is 1. The number of likely N-dealkylation sites (tertiary alicyclic amines) is 1. The van der Waals surface area contributed by atoms with E-state index in [-0.39, 0.29) is 35.9 Å². The summed E-state index contributed by atoms with van der Waals surface area (Å²) in [7, 11) is 0. The van der Waals surface area contributed by atoms with Gasteiger partial charge in [-0.3, -0.25) is 4.79 Å². The van der Waals surface area contributed by atoms with Crippen LogP contribution < -0.4 is 29.3 Å². The number of carbonyl (C=O) groups is 1. The molecule has 0 spiro atoms. The number of aryl methyl sites for hydroxylation is 2. The Morgan fingerprint density at radius 3 is 2.19 bits per heavy atom. The van der Waals surface area contributed by atoms with Crippen LogP contribution in [-0.4, -0.2) is 36.1 Å². The van der Waals surface area contributed by atoms with Gasteiger partial charge in [0, 0.05) is 12.1 Å². The Morgan fingerprint density at radius 2 is 1.65 bits per heavy atom. The molecule has 1 amide bonds. The maximum Gasteiger partial charge on any atom is 0.282 e. The van der Waals surface area contributed by atoms with Gasteiger partial charge in [0.15, 0.2) is 6.04 Å². The van der Waals surface area contributed by atoms with Gasteiger partial charge in [0.05, 0.1) is 19.6 Å². The van der Waals surface area contributed by atoms with Gasteiger partial charge in [-0.1, -0.05) is 44.9 Å². The fraction of sp³-hybridized carbons (Fsp3) is 0.682. The van der Waals surface area contributed by atoms with Crippen LogP contribution in [0.2, 0.25) is 0 Å². The SMILES string of the molecule is CCCC[N+]1(CCCC)CCCCC1C(=O)Nc1c(C)cccc1C.[I-]. The summed E-state index contributed by atoms with van der Waals surface area (Å²) in [5, 5.41) is 3.30. The maximum atomic E-state index is 13.3. The Hall–Kier alpha value is -0.620. The molecule has 3 nitrogen and oxygen atoms in total. The van der Waals surface area contributed by atoms with Gasteiger partial charge in [-0.05, 0) is 50.7 Å². The molecule has 1 saturated heterocycles. The lowest BCUT2D eigenvalue weighted by molar-refractivity contribution is -0.947. The van der Waals surface area contributed by atoms with Crippen molar-refractivity contribution in [2.24, 2.45) is 0 Å². The Bertz CT molecular complexity index is 545. The van der Waals surface area contributed by atoms with Gasteiger partial charge in [-0.25, -0.2) is 0 Å². The van der Waals surface area contributed by atoms with Gasteiger partial charge < -0.3 is 33.8 Å². The molecule has 1 aliphatic rings. The number of amides is 1. The van der Waals surface area contributed by atoms with Crippen LogP contribution in [0.15, 0.2) is 18.2 Å². The van der Waals surface area contributed by atoms with Gasteiger partial charge in [-0.2, -0.15) is 0 Å². The molecule has 1 N–H and O–H groups in total. The van der Waals surface area contributed by atoms with E-state index in [1.807, 2.05) is 0 Å². The first-order chi connectivity index (χ1) is 12.0. The maximum absolute atomic E-state index is 13.3. The van der Waals surface area contributed by atoms with Crippen LogP contribution >= 0.6 is 0 Å². The molecule has 1 aliphatic heterocycles. The standard InChI is InChI=1S/C22H36N2O.HI/c1-5-7-15-24(16-8-6-2)17-10-9-14-20(24)22(25)23-21-18(3)12-11-13-19(21)4;/h11-13,20H,5-10,14-17H2,1-4H3;1H. The van der Waals surface area contributed by atoms with E-state index in [1.165, 1.54) is 45.1 Å². The minimum Gasteiger partial charge on any atom is -1.00 e. The molecule has 148 valence electrons. The number of piperidine rings is 1. The van der Waals surface area contributed by atoms with Crippen molar-refractivity contribution < 1.29 is 33.3 Å². The predicted molar refractivity (Wildman–Crippen MR) is 107 cm³/mol. The van der Waals surface area contributed by atoms with E-state index in [0.29, 0.717) is 0 Å².